The summed E-state index contributed by atoms with van der Waals surface area (Å²) in [4.78, 5) is 12.1. The van der Waals surface area contributed by atoms with Crippen molar-refractivity contribution in [3.05, 3.63) is 70.6 Å². The Labute approximate surface area is 155 Å². The molecule has 0 aliphatic rings. The van der Waals surface area contributed by atoms with Gasteiger partial charge in [-0.25, -0.2) is 4.39 Å². The summed E-state index contributed by atoms with van der Waals surface area (Å²) in [6, 6.07) is 15.5. The van der Waals surface area contributed by atoms with Gasteiger partial charge < -0.3 is 14.3 Å². The first-order valence-corrected chi connectivity index (χ1v) is 8.57. The predicted octanol–water partition coefficient (Wildman–Crippen LogP) is 5.17. The number of carbonyl (C=O) groups excluding carboxylic acids is 1. The quantitative estimate of drug-likeness (QED) is 0.499. The summed E-state index contributed by atoms with van der Waals surface area (Å²) < 4.78 is 25.4. The second-order valence-corrected chi connectivity index (χ2v) is 6.60. The van der Waals surface area contributed by atoms with Crippen molar-refractivity contribution in [1.82, 2.24) is 5.16 Å². The zero-order chi connectivity index (χ0) is 18.1. The van der Waals surface area contributed by atoms with E-state index < -0.39 is 11.7 Å². The minimum absolute atomic E-state index is 0.0424. The van der Waals surface area contributed by atoms with Crippen LogP contribution in [0.2, 0.25) is 0 Å². The van der Waals surface area contributed by atoms with Gasteiger partial charge in [-0.05, 0) is 30.3 Å². The number of nitrogens with one attached hydrogen (secondary N) is 1. The fourth-order valence-electron chi connectivity index (χ4n) is 2.56. The molecule has 1 N–H and O–H groups in total. The number of rotatable bonds is 4. The molecule has 0 bridgehead atoms. The Morgan fingerprint density at radius 3 is 2.77 bits per heavy atom. The molecule has 7 heteroatoms. The van der Waals surface area contributed by atoms with E-state index in [1.54, 1.807) is 12.1 Å². The molecule has 0 saturated heterocycles. The van der Waals surface area contributed by atoms with Gasteiger partial charge in [-0.15, -0.1) is 0 Å². The van der Waals surface area contributed by atoms with Crippen LogP contribution in [0.15, 0.2) is 68.0 Å². The van der Waals surface area contributed by atoms with Crippen LogP contribution in [0, 0.1) is 5.82 Å². The van der Waals surface area contributed by atoms with Crippen molar-refractivity contribution in [2.75, 3.05) is 5.32 Å². The molecule has 0 aliphatic carbocycles. The van der Waals surface area contributed by atoms with Crippen LogP contribution in [0.3, 0.4) is 0 Å². The Kier molecular flexibility index (Phi) is 4.30. The van der Waals surface area contributed by atoms with Crippen LogP contribution >= 0.6 is 15.9 Å². The van der Waals surface area contributed by atoms with Crippen molar-refractivity contribution in [3.8, 4) is 11.5 Å². The van der Waals surface area contributed by atoms with Crippen molar-refractivity contribution >= 4 is 38.5 Å². The Morgan fingerprint density at radius 2 is 1.96 bits per heavy atom. The Balaban J connectivity index is 1.48. The van der Waals surface area contributed by atoms with Gasteiger partial charge in [0.05, 0.1) is 17.8 Å². The van der Waals surface area contributed by atoms with Gasteiger partial charge >= 0.3 is 0 Å². The maximum absolute atomic E-state index is 13.8. The molecule has 0 spiro atoms. The number of fused-ring (bicyclic) bond motifs is 1. The van der Waals surface area contributed by atoms with E-state index in [1.807, 2.05) is 30.3 Å². The first kappa shape index (κ1) is 16.5. The highest BCUT2D eigenvalue weighted by atomic mass is 79.9. The molecule has 4 rings (SSSR count). The van der Waals surface area contributed by atoms with E-state index in [0.717, 1.165) is 11.0 Å². The van der Waals surface area contributed by atoms with E-state index >= 15 is 0 Å². The average Bonchev–Trinajstić information content (AvgIpc) is 3.23. The molecule has 130 valence electrons. The first-order valence-electron chi connectivity index (χ1n) is 7.78. The van der Waals surface area contributed by atoms with Crippen molar-refractivity contribution in [2.24, 2.45) is 0 Å². The number of anilines is 1. The van der Waals surface area contributed by atoms with Crippen LogP contribution < -0.4 is 5.32 Å². The summed E-state index contributed by atoms with van der Waals surface area (Å²) >= 11 is 3.17. The summed E-state index contributed by atoms with van der Waals surface area (Å²) in [6.45, 7) is 0. The third-order valence-electron chi connectivity index (χ3n) is 3.77. The lowest BCUT2D eigenvalue weighted by Gasteiger charge is -2.05. The minimum atomic E-state index is -0.518. The number of para-hydroxylation sites is 1. The van der Waals surface area contributed by atoms with E-state index in [2.05, 4.69) is 26.4 Å². The van der Waals surface area contributed by atoms with Crippen molar-refractivity contribution in [1.29, 1.82) is 0 Å². The number of carbonyl (C=O) groups is 1. The molecule has 1 amide bonds. The standard InChI is InChI=1S/C19H12BrFN2O3/c20-12-5-6-15(14(21)8-12)22-19(24)10-13-9-18(26-23-13)17-7-11-3-1-2-4-16(11)25-17/h1-9H,10H2,(H,22,24). The Hall–Kier alpha value is -2.93. The Morgan fingerprint density at radius 1 is 1.12 bits per heavy atom. The summed E-state index contributed by atoms with van der Waals surface area (Å²) in [5, 5.41) is 7.35. The summed E-state index contributed by atoms with van der Waals surface area (Å²) in [5.74, 6) is 0.0506. The lowest BCUT2D eigenvalue weighted by molar-refractivity contribution is -0.115. The lowest BCUT2D eigenvalue weighted by atomic mass is 10.2. The summed E-state index contributed by atoms with van der Waals surface area (Å²) in [7, 11) is 0. The van der Waals surface area contributed by atoms with Gasteiger partial charge in [-0.2, -0.15) is 0 Å². The highest BCUT2D eigenvalue weighted by Crippen LogP contribution is 2.28. The number of halogens is 2. The molecule has 0 atom stereocenters. The topological polar surface area (TPSA) is 68.3 Å². The van der Waals surface area contributed by atoms with Gasteiger partial charge in [0.15, 0.2) is 5.76 Å². The number of aromatic nitrogens is 1. The van der Waals surface area contributed by atoms with Crippen molar-refractivity contribution in [3.63, 3.8) is 0 Å². The summed E-state index contributed by atoms with van der Waals surface area (Å²) in [6.07, 6.45) is -0.0424. The maximum Gasteiger partial charge on any atom is 0.230 e. The van der Waals surface area contributed by atoms with Crippen LogP contribution in [0.1, 0.15) is 5.69 Å². The zero-order valence-corrected chi connectivity index (χ0v) is 14.9. The van der Waals surface area contributed by atoms with E-state index in [9.17, 15) is 9.18 Å². The number of hydrogen-bond acceptors (Lipinski definition) is 4. The van der Waals surface area contributed by atoms with Crippen LogP contribution in [0.5, 0.6) is 0 Å². The van der Waals surface area contributed by atoms with Crippen molar-refractivity contribution in [2.45, 2.75) is 6.42 Å². The molecular formula is C19H12BrFN2O3. The third-order valence-corrected chi connectivity index (χ3v) is 4.27. The molecule has 0 unspecified atom stereocenters. The molecule has 0 radical (unpaired) electrons. The van der Waals surface area contributed by atoms with Gasteiger partial charge in [0, 0.05) is 15.9 Å². The highest BCUT2D eigenvalue weighted by Gasteiger charge is 2.15. The maximum atomic E-state index is 13.8. The highest BCUT2D eigenvalue weighted by molar-refractivity contribution is 9.10. The normalized spacial score (nSPS) is 11.0. The first-order chi connectivity index (χ1) is 12.6. The number of hydrogen-bond donors (Lipinski definition) is 1. The van der Waals surface area contributed by atoms with Crippen LogP contribution in [0.25, 0.3) is 22.5 Å². The number of nitrogens with zero attached hydrogens (tertiary/aromatic N) is 1. The van der Waals surface area contributed by atoms with E-state index in [4.69, 9.17) is 8.94 Å². The van der Waals surface area contributed by atoms with Crippen LogP contribution in [-0.2, 0) is 11.2 Å². The minimum Gasteiger partial charge on any atom is -0.453 e. The molecule has 2 aromatic carbocycles. The molecule has 2 aromatic heterocycles. The van der Waals surface area contributed by atoms with Gasteiger partial charge in [0.25, 0.3) is 0 Å². The van der Waals surface area contributed by atoms with Crippen LogP contribution in [0.4, 0.5) is 10.1 Å². The van der Waals surface area contributed by atoms with E-state index in [-0.39, 0.29) is 12.1 Å². The molecule has 5 nitrogen and oxygen atoms in total. The molecule has 26 heavy (non-hydrogen) atoms. The average molecular weight is 415 g/mol. The molecule has 0 fully saturated rings. The van der Waals surface area contributed by atoms with Gasteiger partial charge in [0.1, 0.15) is 11.4 Å². The fraction of sp³-hybridized carbons (Fsp3) is 0.0526. The predicted molar refractivity (Wildman–Crippen MR) is 98.1 cm³/mol. The van der Waals surface area contributed by atoms with Gasteiger partial charge in [-0.3, -0.25) is 4.79 Å². The molecular weight excluding hydrogens is 403 g/mol. The SMILES string of the molecule is O=C(Cc1cc(-c2cc3ccccc3o2)on1)Nc1ccc(Br)cc1F. The zero-order valence-electron chi connectivity index (χ0n) is 13.3. The van der Waals surface area contributed by atoms with Gasteiger partial charge in [0.2, 0.25) is 11.7 Å². The second-order valence-electron chi connectivity index (χ2n) is 5.68. The number of benzene rings is 2. The van der Waals surface area contributed by atoms with E-state index in [1.165, 1.54) is 12.1 Å². The number of furan rings is 1. The largest absolute Gasteiger partial charge is 0.453 e. The third kappa shape index (κ3) is 3.39. The summed E-state index contributed by atoms with van der Waals surface area (Å²) in [5.41, 5.74) is 1.28. The molecule has 0 saturated carbocycles. The van der Waals surface area contributed by atoms with Crippen molar-refractivity contribution < 1.29 is 18.1 Å². The number of amides is 1. The monoisotopic (exact) mass is 414 g/mol. The van der Waals surface area contributed by atoms with Crippen LogP contribution in [-0.4, -0.2) is 11.1 Å². The van der Waals surface area contributed by atoms with E-state index in [0.29, 0.717) is 21.7 Å². The smallest absolute Gasteiger partial charge is 0.230 e. The molecule has 4 aromatic rings. The van der Waals surface area contributed by atoms with Gasteiger partial charge in [-0.1, -0.05) is 39.3 Å². The molecule has 2 heterocycles. The fourth-order valence-corrected chi connectivity index (χ4v) is 2.90. The Bertz CT molecular complexity index is 1070. The second kappa shape index (κ2) is 6.76. The lowest BCUT2D eigenvalue weighted by Crippen LogP contribution is -2.15. The molecule has 0 aliphatic heterocycles.